The second-order valence-corrected chi connectivity index (χ2v) is 9.47. The number of carbonyl (C=O) groups is 1. The van der Waals surface area contributed by atoms with Gasteiger partial charge < -0.3 is 14.1 Å². The highest BCUT2D eigenvalue weighted by atomic mass is 32.2. The summed E-state index contributed by atoms with van der Waals surface area (Å²) in [5, 5.41) is -0.458. The van der Waals surface area contributed by atoms with Crippen LogP contribution in [0.4, 0.5) is 13.6 Å². The summed E-state index contributed by atoms with van der Waals surface area (Å²) in [7, 11) is -3.03. The van der Waals surface area contributed by atoms with Crippen LogP contribution >= 0.6 is 0 Å². The minimum absolute atomic E-state index is 0.165. The predicted octanol–water partition coefficient (Wildman–Crippen LogP) is 4.03. The lowest BCUT2D eigenvalue weighted by molar-refractivity contribution is 0.0284. The Morgan fingerprint density at radius 2 is 1.97 bits per heavy atom. The van der Waals surface area contributed by atoms with E-state index in [4.69, 9.17) is 9.15 Å². The molecule has 0 unspecified atom stereocenters. The van der Waals surface area contributed by atoms with Gasteiger partial charge >= 0.3 is 16.1 Å². The van der Waals surface area contributed by atoms with Crippen LogP contribution in [0, 0.1) is 11.8 Å². The molecule has 0 radical (unpaired) electrons. The second kappa shape index (κ2) is 8.14. The van der Waals surface area contributed by atoms with E-state index in [2.05, 4.69) is 4.98 Å². The molecule has 3 rings (SSSR count). The third kappa shape index (κ3) is 4.61. The highest BCUT2D eigenvalue weighted by Crippen LogP contribution is 2.32. The molecule has 1 amide bonds. The summed E-state index contributed by atoms with van der Waals surface area (Å²) in [5.41, 5.74) is -1.86. The summed E-state index contributed by atoms with van der Waals surface area (Å²) < 4.78 is 66.6. The monoisotopic (exact) mass is 453 g/mol. The molecule has 3 aromatic heterocycles. The fourth-order valence-corrected chi connectivity index (χ4v) is 4.08. The Labute approximate surface area is 178 Å². The number of hydrogen-bond donors (Lipinski definition) is 0. The summed E-state index contributed by atoms with van der Waals surface area (Å²) >= 11 is 0. The molecule has 8 nitrogen and oxygen atoms in total. The maximum absolute atomic E-state index is 15.4. The molecule has 0 fully saturated rings. The zero-order valence-electron chi connectivity index (χ0n) is 17.3. The van der Waals surface area contributed by atoms with E-state index >= 15 is 4.39 Å². The molecule has 0 atom stereocenters. The van der Waals surface area contributed by atoms with Crippen molar-refractivity contribution in [3.8, 4) is 11.3 Å². The van der Waals surface area contributed by atoms with Crippen molar-refractivity contribution in [1.29, 1.82) is 0 Å². The molecule has 31 heavy (non-hydrogen) atoms. The van der Waals surface area contributed by atoms with Crippen LogP contribution < -0.4 is 0 Å². The van der Waals surface area contributed by atoms with Gasteiger partial charge in [0.25, 0.3) is 0 Å². The molecule has 0 aliphatic heterocycles. The van der Waals surface area contributed by atoms with Crippen LogP contribution in [0.2, 0.25) is 0 Å². The van der Waals surface area contributed by atoms with Gasteiger partial charge in [0, 0.05) is 25.0 Å². The Hall–Kier alpha value is -3.21. The van der Waals surface area contributed by atoms with Crippen molar-refractivity contribution in [3.63, 3.8) is 0 Å². The van der Waals surface area contributed by atoms with Crippen LogP contribution in [0.15, 0.2) is 52.4 Å². The molecule has 0 bridgehead atoms. The first-order valence-corrected chi connectivity index (χ1v) is 10.6. The van der Waals surface area contributed by atoms with Gasteiger partial charge in [-0.2, -0.15) is 12.8 Å². The number of furan rings is 1. The number of pyridine rings is 1. The van der Waals surface area contributed by atoms with Crippen LogP contribution in [0.1, 0.15) is 26.3 Å². The second-order valence-electron chi connectivity index (χ2n) is 7.73. The SMILES string of the molecule is CN(Cc1cn(S(=O)(=O)c2ccco2)c(-c2cccnc2F)c1F)C(=O)OC(C)(C)C. The quantitative estimate of drug-likeness (QED) is 0.542. The Bertz CT molecular complexity index is 1200. The van der Waals surface area contributed by atoms with Gasteiger partial charge in [0.15, 0.2) is 5.82 Å². The van der Waals surface area contributed by atoms with Gasteiger partial charge in [0.05, 0.1) is 18.4 Å². The molecule has 0 saturated heterocycles. The molecule has 0 N–H and O–H groups in total. The lowest BCUT2D eigenvalue weighted by atomic mass is 10.1. The molecule has 11 heteroatoms. The number of ether oxygens (including phenoxy) is 1. The maximum Gasteiger partial charge on any atom is 0.410 e. The van der Waals surface area contributed by atoms with Crippen molar-refractivity contribution < 1.29 is 31.1 Å². The number of nitrogens with zero attached hydrogens (tertiary/aromatic N) is 3. The van der Waals surface area contributed by atoms with E-state index in [-0.39, 0.29) is 17.7 Å². The zero-order valence-corrected chi connectivity index (χ0v) is 18.1. The maximum atomic E-state index is 15.4. The number of halogens is 2. The van der Waals surface area contributed by atoms with E-state index in [1.165, 1.54) is 31.3 Å². The number of rotatable bonds is 5. The molecule has 0 aromatic carbocycles. The Morgan fingerprint density at radius 3 is 2.55 bits per heavy atom. The minimum Gasteiger partial charge on any atom is -0.451 e. The van der Waals surface area contributed by atoms with Gasteiger partial charge in [-0.25, -0.2) is 18.1 Å². The third-order valence-corrected chi connectivity index (χ3v) is 5.67. The Morgan fingerprint density at radius 1 is 1.26 bits per heavy atom. The van der Waals surface area contributed by atoms with Crippen LogP contribution in [-0.4, -0.2) is 41.0 Å². The summed E-state index contributed by atoms with van der Waals surface area (Å²) in [4.78, 5) is 16.8. The van der Waals surface area contributed by atoms with Gasteiger partial charge in [-0.15, -0.1) is 0 Å². The van der Waals surface area contributed by atoms with E-state index < -0.39 is 44.3 Å². The number of carbonyl (C=O) groups excluding carboxylic acids is 1. The van der Waals surface area contributed by atoms with Gasteiger partial charge in [-0.3, -0.25) is 0 Å². The fraction of sp³-hybridized carbons (Fsp3) is 0.300. The van der Waals surface area contributed by atoms with Gasteiger partial charge in [0.1, 0.15) is 11.3 Å². The van der Waals surface area contributed by atoms with Crippen molar-refractivity contribution in [1.82, 2.24) is 13.9 Å². The summed E-state index contributed by atoms with van der Waals surface area (Å²) in [6.45, 7) is 4.70. The van der Waals surface area contributed by atoms with E-state index in [1.807, 2.05) is 0 Å². The zero-order chi connectivity index (χ0) is 23.0. The van der Waals surface area contributed by atoms with Crippen LogP contribution in [0.5, 0.6) is 0 Å². The van der Waals surface area contributed by atoms with E-state index in [0.717, 1.165) is 23.6 Å². The molecule has 0 saturated carbocycles. The highest BCUT2D eigenvalue weighted by molar-refractivity contribution is 7.89. The average Bonchev–Trinajstić information content (AvgIpc) is 3.31. The van der Waals surface area contributed by atoms with Crippen LogP contribution in [0.25, 0.3) is 11.3 Å². The molecular formula is C20H21F2N3O5S. The summed E-state index contributed by atoms with van der Waals surface area (Å²) in [6.07, 6.45) is 2.55. The first-order chi connectivity index (χ1) is 14.4. The Balaban J connectivity index is 2.11. The molecule has 3 aromatic rings. The molecule has 3 heterocycles. The van der Waals surface area contributed by atoms with Crippen molar-refractivity contribution in [2.24, 2.45) is 0 Å². The third-order valence-electron chi connectivity index (χ3n) is 4.12. The number of hydrogen-bond acceptors (Lipinski definition) is 6. The van der Waals surface area contributed by atoms with Gasteiger partial charge in [-0.1, -0.05) is 0 Å². The normalized spacial score (nSPS) is 12.1. The molecule has 0 aliphatic rings. The van der Waals surface area contributed by atoms with E-state index in [1.54, 1.807) is 20.8 Å². The minimum atomic E-state index is -4.40. The summed E-state index contributed by atoms with van der Waals surface area (Å²) in [5.74, 6) is -2.07. The predicted molar refractivity (Wildman–Crippen MR) is 107 cm³/mol. The number of aromatic nitrogens is 2. The largest absolute Gasteiger partial charge is 0.451 e. The van der Waals surface area contributed by atoms with Crippen molar-refractivity contribution in [3.05, 3.63) is 60.3 Å². The Kier molecular flexibility index (Phi) is 5.90. The van der Waals surface area contributed by atoms with Gasteiger partial charge in [-0.05, 0) is 45.0 Å². The highest BCUT2D eigenvalue weighted by Gasteiger charge is 2.31. The van der Waals surface area contributed by atoms with E-state index in [0.29, 0.717) is 3.97 Å². The standard InChI is InChI=1S/C20H21F2N3O5S/c1-20(2,3)30-19(26)24(4)11-13-12-25(31(27,28)15-8-6-10-29-15)17(16(13)21)14-7-5-9-23-18(14)22/h5-10,12H,11H2,1-4H3. The summed E-state index contributed by atoms with van der Waals surface area (Å²) in [6, 6.07) is 5.09. The van der Waals surface area contributed by atoms with Crippen molar-refractivity contribution in [2.45, 2.75) is 38.0 Å². The fourth-order valence-electron chi connectivity index (χ4n) is 2.78. The molecule has 166 valence electrons. The number of amides is 1. The van der Waals surface area contributed by atoms with Crippen LogP contribution in [0.3, 0.4) is 0 Å². The van der Waals surface area contributed by atoms with Crippen molar-refractivity contribution >= 4 is 16.1 Å². The van der Waals surface area contributed by atoms with Crippen molar-refractivity contribution in [2.75, 3.05) is 7.05 Å². The topological polar surface area (TPSA) is 94.6 Å². The average molecular weight is 453 g/mol. The smallest absolute Gasteiger partial charge is 0.410 e. The lowest BCUT2D eigenvalue weighted by Crippen LogP contribution is -2.33. The van der Waals surface area contributed by atoms with Gasteiger partial charge in [0.2, 0.25) is 11.0 Å². The first kappa shape index (κ1) is 22.5. The molecule has 0 spiro atoms. The van der Waals surface area contributed by atoms with Crippen LogP contribution in [-0.2, 0) is 21.3 Å². The lowest BCUT2D eigenvalue weighted by Gasteiger charge is -2.24. The first-order valence-electron chi connectivity index (χ1n) is 9.15. The molecular weight excluding hydrogens is 432 g/mol. The van der Waals surface area contributed by atoms with E-state index in [9.17, 15) is 17.6 Å². The molecule has 0 aliphatic carbocycles.